The third kappa shape index (κ3) is 2.91. The summed E-state index contributed by atoms with van der Waals surface area (Å²) >= 11 is 0. The van der Waals surface area contributed by atoms with Gasteiger partial charge >= 0.3 is 0 Å². The second-order valence-corrected chi connectivity index (χ2v) is 6.24. The van der Waals surface area contributed by atoms with Gasteiger partial charge in [-0.3, -0.25) is 4.79 Å². The average molecular weight is 324 g/mol. The summed E-state index contributed by atoms with van der Waals surface area (Å²) in [4.78, 5) is 21.2. The summed E-state index contributed by atoms with van der Waals surface area (Å²) in [5.74, 6) is 0.727. The Morgan fingerprint density at radius 3 is 3.00 bits per heavy atom. The SMILES string of the molecule is O=C(NCCc1ccco1)c1cnc2c(c1)ncn2C1CCCC1. The molecule has 0 aromatic carbocycles. The Morgan fingerprint density at radius 2 is 2.21 bits per heavy atom. The maximum Gasteiger partial charge on any atom is 0.252 e. The Kier molecular flexibility index (Phi) is 4.02. The summed E-state index contributed by atoms with van der Waals surface area (Å²) in [7, 11) is 0. The quantitative estimate of drug-likeness (QED) is 0.782. The largest absolute Gasteiger partial charge is 0.469 e. The Balaban J connectivity index is 1.45. The minimum Gasteiger partial charge on any atom is -0.469 e. The minimum atomic E-state index is -0.133. The molecule has 1 fully saturated rings. The summed E-state index contributed by atoms with van der Waals surface area (Å²) in [5, 5.41) is 2.89. The molecule has 3 aromatic rings. The molecule has 1 aliphatic carbocycles. The number of aromatic nitrogens is 3. The van der Waals surface area contributed by atoms with Crippen molar-refractivity contribution in [3.63, 3.8) is 0 Å². The molecule has 0 aliphatic heterocycles. The van der Waals surface area contributed by atoms with Crippen LogP contribution in [0.2, 0.25) is 0 Å². The van der Waals surface area contributed by atoms with Crippen molar-refractivity contribution in [3.05, 3.63) is 48.3 Å². The molecule has 0 unspecified atom stereocenters. The fourth-order valence-corrected chi connectivity index (χ4v) is 3.35. The van der Waals surface area contributed by atoms with Crippen molar-refractivity contribution >= 4 is 17.1 Å². The molecule has 124 valence electrons. The van der Waals surface area contributed by atoms with E-state index in [9.17, 15) is 4.79 Å². The van der Waals surface area contributed by atoms with Gasteiger partial charge in [-0.15, -0.1) is 0 Å². The van der Waals surface area contributed by atoms with Crippen LogP contribution in [0.15, 0.2) is 41.4 Å². The van der Waals surface area contributed by atoms with E-state index in [1.54, 1.807) is 12.5 Å². The number of hydrogen-bond acceptors (Lipinski definition) is 4. The van der Waals surface area contributed by atoms with E-state index in [-0.39, 0.29) is 5.91 Å². The van der Waals surface area contributed by atoms with Gasteiger partial charge in [0.15, 0.2) is 5.65 Å². The van der Waals surface area contributed by atoms with Crippen LogP contribution in [0.5, 0.6) is 0 Å². The maximum absolute atomic E-state index is 12.3. The van der Waals surface area contributed by atoms with E-state index >= 15 is 0 Å². The first-order valence-corrected chi connectivity index (χ1v) is 8.44. The summed E-state index contributed by atoms with van der Waals surface area (Å²) < 4.78 is 7.41. The summed E-state index contributed by atoms with van der Waals surface area (Å²) in [6, 6.07) is 6.05. The molecule has 3 heterocycles. The van der Waals surface area contributed by atoms with Gasteiger partial charge in [-0.05, 0) is 31.0 Å². The summed E-state index contributed by atoms with van der Waals surface area (Å²) in [6.07, 6.45) is 10.7. The van der Waals surface area contributed by atoms with Crippen LogP contribution in [0.3, 0.4) is 0 Å². The zero-order valence-corrected chi connectivity index (χ0v) is 13.4. The minimum absolute atomic E-state index is 0.133. The molecule has 0 bridgehead atoms. The molecule has 0 radical (unpaired) electrons. The first kappa shape index (κ1) is 14.9. The zero-order valence-electron chi connectivity index (χ0n) is 13.4. The number of amides is 1. The molecule has 1 saturated carbocycles. The van der Waals surface area contributed by atoms with Crippen molar-refractivity contribution in [2.75, 3.05) is 6.54 Å². The van der Waals surface area contributed by atoms with Crippen molar-refractivity contribution in [1.29, 1.82) is 0 Å². The van der Waals surface area contributed by atoms with Gasteiger partial charge in [-0.25, -0.2) is 9.97 Å². The van der Waals surface area contributed by atoms with Gasteiger partial charge in [0.1, 0.15) is 11.3 Å². The first-order valence-electron chi connectivity index (χ1n) is 8.44. The third-order valence-electron chi connectivity index (χ3n) is 4.63. The van der Waals surface area contributed by atoms with Crippen LogP contribution in [-0.4, -0.2) is 27.0 Å². The van der Waals surface area contributed by atoms with Crippen molar-refractivity contribution < 1.29 is 9.21 Å². The normalized spacial score (nSPS) is 15.2. The van der Waals surface area contributed by atoms with Gasteiger partial charge in [0.25, 0.3) is 5.91 Å². The molecule has 4 rings (SSSR count). The molecule has 6 heteroatoms. The number of furan rings is 1. The van der Waals surface area contributed by atoms with E-state index in [4.69, 9.17) is 4.42 Å². The fraction of sp³-hybridized carbons (Fsp3) is 0.389. The molecule has 0 saturated heterocycles. The van der Waals surface area contributed by atoms with E-state index in [0.717, 1.165) is 16.9 Å². The molecule has 0 atom stereocenters. The van der Waals surface area contributed by atoms with E-state index in [2.05, 4.69) is 19.9 Å². The van der Waals surface area contributed by atoms with Gasteiger partial charge in [-0.2, -0.15) is 0 Å². The lowest BCUT2D eigenvalue weighted by molar-refractivity contribution is 0.0953. The van der Waals surface area contributed by atoms with Gasteiger partial charge in [0.05, 0.1) is 18.2 Å². The van der Waals surface area contributed by atoms with Crippen LogP contribution < -0.4 is 5.32 Å². The Hall–Kier alpha value is -2.63. The lowest BCUT2D eigenvalue weighted by atomic mass is 10.2. The summed E-state index contributed by atoms with van der Waals surface area (Å²) in [5.41, 5.74) is 2.19. The van der Waals surface area contributed by atoms with E-state index in [1.807, 2.05) is 24.5 Å². The van der Waals surface area contributed by atoms with Crippen LogP contribution in [-0.2, 0) is 6.42 Å². The number of imidazole rings is 1. The highest BCUT2D eigenvalue weighted by Crippen LogP contribution is 2.31. The lowest BCUT2D eigenvalue weighted by Gasteiger charge is -2.11. The second kappa shape index (κ2) is 6.47. The maximum atomic E-state index is 12.3. The predicted octanol–water partition coefficient (Wildman–Crippen LogP) is 3.11. The number of carbonyl (C=O) groups is 1. The molecular weight excluding hydrogens is 304 g/mol. The molecule has 24 heavy (non-hydrogen) atoms. The average Bonchev–Trinajstić information content (AvgIpc) is 3.34. The molecule has 1 N–H and O–H groups in total. The smallest absolute Gasteiger partial charge is 0.252 e. The Morgan fingerprint density at radius 1 is 1.33 bits per heavy atom. The molecule has 1 aliphatic rings. The standard InChI is InChI=1S/C18H20N4O2/c23-18(19-8-7-15-6-3-9-24-15)13-10-16-17(20-11-13)22(12-21-16)14-4-1-2-5-14/h3,6,9-12,14H,1-2,4-5,7-8H2,(H,19,23). The van der Waals surface area contributed by atoms with Crippen LogP contribution in [0, 0.1) is 0 Å². The molecular formula is C18H20N4O2. The molecule has 3 aromatic heterocycles. The van der Waals surface area contributed by atoms with Crippen LogP contribution in [0.1, 0.15) is 47.8 Å². The van der Waals surface area contributed by atoms with E-state index in [1.165, 1.54) is 25.7 Å². The van der Waals surface area contributed by atoms with Gasteiger partial charge < -0.3 is 14.3 Å². The van der Waals surface area contributed by atoms with Crippen molar-refractivity contribution in [2.45, 2.75) is 38.1 Å². The Bertz CT molecular complexity index is 832. The highest BCUT2D eigenvalue weighted by molar-refractivity contribution is 5.96. The second-order valence-electron chi connectivity index (χ2n) is 6.24. The van der Waals surface area contributed by atoms with Gasteiger partial charge in [-0.1, -0.05) is 12.8 Å². The number of carbonyl (C=O) groups excluding carboxylic acids is 1. The van der Waals surface area contributed by atoms with Crippen LogP contribution >= 0.6 is 0 Å². The predicted molar refractivity (Wildman–Crippen MR) is 89.8 cm³/mol. The van der Waals surface area contributed by atoms with Gasteiger partial charge in [0, 0.05) is 25.2 Å². The van der Waals surface area contributed by atoms with E-state index in [0.29, 0.717) is 24.6 Å². The lowest BCUT2D eigenvalue weighted by Crippen LogP contribution is -2.25. The number of pyridine rings is 1. The van der Waals surface area contributed by atoms with Crippen molar-refractivity contribution in [1.82, 2.24) is 19.9 Å². The third-order valence-corrected chi connectivity index (χ3v) is 4.63. The summed E-state index contributed by atoms with van der Waals surface area (Å²) in [6.45, 7) is 0.529. The number of rotatable bonds is 5. The molecule has 0 spiro atoms. The molecule has 6 nitrogen and oxygen atoms in total. The fourth-order valence-electron chi connectivity index (χ4n) is 3.35. The number of fused-ring (bicyclic) bond motifs is 1. The number of nitrogens with zero attached hydrogens (tertiary/aromatic N) is 3. The number of hydrogen-bond donors (Lipinski definition) is 1. The first-order chi connectivity index (χ1) is 11.8. The van der Waals surface area contributed by atoms with Crippen molar-refractivity contribution in [2.24, 2.45) is 0 Å². The van der Waals surface area contributed by atoms with E-state index < -0.39 is 0 Å². The molecule has 1 amide bonds. The van der Waals surface area contributed by atoms with Gasteiger partial charge in [0.2, 0.25) is 0 Å². The number of nitrogens with one attached hydrogen (secondary N) is 1. The highest BCUT2D eigenvalue weighted by atomic mass is 16.3. The van der Waals surface area contributed by atoms with Crippen LogP contribution in [0.25, 0.3) is 11.2 Å². The zero-order chi connectivity index (χ0) is 16.4. The topological polar surface area (TPSA) is 73.0 Å². The Labute approximate surface area is 139 Å². The highest BCUT2D eigenvalue weighted by Gasteiger charge is 2.20. The van der Waals surface area contributed by atoms with Crippen LogP contribution in [0.4, 0.5) is 0 Å². The van der Waals surface area contributed by atoms with Crippen molar-refractivity contribution in [3.8, 4) is 0 Å². The monoisotopic (exact) mass is 324 g/mol.